The lowest BCUT2D eigenvalue weighted by Gasteiger charge is -2.19. The van der Waals surface area contributed by atoms with Gasteiger partial charge in [0, 0.05) is 17.0 Å². The summed E-state index contributed by atoms with van der Waals surface area (Å²) in [6, 6.07) is 3.54. The van der Waals surface area contributed by atoms with Gasteiger partial charge in [0.05, 0.1) is 12.5 Å². The largest absolute Gasteiger partial charge is 0.481 e. The molecule has 2 amide bonds. The first-order chi connectivity index (χ1) is 12.5. The van der Waals surface area contributed by atoms with Crippen LogP contribution in [0.4, 0.5) is 23.7 Å². The fraction of sp³-hybridized carbons (Fsp3) is 0.471. The molecule has 27 heavy (non-hydrogen) atoms. The lowest BCUT2D eigenvalue weighted by atomic mass is 9.98. The van der Waals surface area contributed by atoms with Crippen molar-refractivity contribution in [2.45, 2.75) is 49.6 Å². The highest BCUT2D eigenvalue weighted by molar-refractivity contribution is 8.00. The van der Waals surface area contributed by atoms with Crippen molar-refractivity contribution in [3.8, 4) is 0 Å². The minimum absolute atomic E-state index is 0.0185. The van der Waals surface area contributed by atoms with E-state index in [9.17, 15) is 27.6 Å². The first kappa shape index (κ1) is 22.8. The molecule has 0 aliphatic carbocycles. The molecule has 0 aliphatic rings. The van der Waals surface area contributed by atoms with E-state index < -0.39 is 29.3 Å². The molecule has 0 bridgehead atoms. The Morgan fingerprint density at radius 2 is 1.70 bits per heavy atom. The second-order valence-electron chi connectivity index (χ2n) is 6.21. The summed E-state index contributed by atoms with van der Waals surface area (Å²) in [4.78, 5) is 34.8. The van der Waals surface area contributed by atoms with E-state index in [-0.39, 0.29) is 41.1 Å². The predicted octanol–water partition coefficient (Wildman–Crippen LogP) is 4.27. The number of urea groups is 1. The van der Waals surface area contributed by atoms with Crippen LogP contribution in [0.2, 0.25) is 0 Å². The number of benzene rings is 1. The molecule has 0 unspecified atom stereocenters. The molecule has 0 aliphatic heterocycles. The highest BCUT2D eigenvalue weighted by atomic mass is 32.2. The number of carboxylic acid groups (broad SMARTS) is 1. The molecule has 3 N–H and O–H groups in total. The number of ketones is 1. The first-order valence-corrected chi connectivity index (χ1v) is 8.95. The summed E-state index contributed by atoms with van der Waals surface area (Å²) in [5.74, 6) is -1.41. The molecule has 0 saturated carbocycles. The topological polar surface area (TPSA) is 95.5 Å². The Bertz CT molecular complexity index is 663. The van der Waals surface area contributed by atoms with Crippen molar-refractivity contribution in [2.75, 3.05) is 5.32 Å². The zero-order valence-electron chi connectivity index (χ0n) is 14.8. The number of hydrogen-bond donors (Lipinski definition) is 3. The number of anilines is 1. The van der Waals surface area contributed by atoms with E-state index >= 15 is 0 Å². The van der Waals surface area contributed by atoms with E-state index in [0.29, 0.717) is 6.42 Å². The summed E-state index contributed by atoms with van der Waals surface area (Å²) < 4.78 is 36.9. The maximum Gasteiger partial charge on any atom is 0.446 e. The number of nitrogens with one attached hydrogen (secondary N) is 2. The van der Waals surface area contributed by atoms with E-state index in [4.69, 9.17) is 5.11 Å². The molecule has 150 valence electrons. The van der Waals surface area contributed by atoms with Gasteiger partial charge in [-0.15, -0.1) is 0 Å². The predicted molar refractivity (Wildman–Crippen MR) is 95.6 cm³/mol. The van der Waals surface area contributed by atoms with Crippen molar-refractivity contribution < 1.29 is 32.7 Å². The molecule has 0 fully saturated rings. The number of carbonyl (C=O) groups excluding carboxylic acids is 2. The number of hydrogen-bond acceptors (Lipinski definition) is 4. The maximum atomic E-state index is 12.3. The van der Waals surface area contributed by atoms with Crippen molar-refractivity contribution >= 4 is 35.2 Å². The number of rotatable bonds is 9. The summed E-state index contributed by atoms with van der Waals surface area (Å²) in [5, 5.41) is 13.6. The summed E-state index contributed by atoms with van der Waals surface area (Å²) >= 11 is -0.263. The highest BCUT2D eigenvalue weighted by Crippen LogP contribution is 2.37. The smallest absolute Gasteiger partial charge is 0.446 e. The third kappa shape index (κ3) is 9.88. The molecular formula is C17H21F3N2O4S. The van der Waals surface area contributed by atoms with Crippen molar-refractivity contribution in [1.82, 2.24) is 5.32 Å². The van der Waals surface area contributed by atoms with Crippen LogP contribution < -0.4 is 10.6 Å². The third-order valence-corrected chi connectivity index (χ3v) is 4.07. The molecule has 0 spiro atoms. The average molecular weight is 406 g/mol. The van der Waals surface area contributed by atoms with Crippen LogP contribution in [-0.4, -0.2) is 34.4 Å². The van der Waals surface area contributed by atoms with E-state index in [0.717, 1.165) is 0 Å². The summed E-state index contributed by atoms with van der Waals surface area (Å²) in [5.41, 5.74) is -4.13. The Hall–Kier alpha value is -2.23. The van der Waals surface area contributed by atoms with Gasteiger partial charge in [0.25, 0.3) is 0 Å². The lowest BCUT2D eigenvalue weighted by molar-refractivity contribution is -0.138. The molecule has 1 aromatic carbocycles. The van der Waals surface area contributed by atoms with Gasteiger partial charge >= 0.3 is 17.5 Å². The van der Waals surface area contributed by atoms with Gasteiger partial charge in [0.15, 0.2) is 5.78 Å². The van der Waals surface area contributed by atoms with Gasteiger partial charge in [-0.3, -0.25) is 9.59 Å². The van der Waals surface area contributed by atoms with Gasteiger partial charge in [-0.25, -0.2) is 4.79 Å². The molecule has 1 aromatic rings. The van der Waals surface area contributed by atoms with Crippen LogP contribution in [0, 0.1) is 5.92 Å². The van der Waals surface area contributed by atoms with Crippen LogP contribution in [0.15, 0.2) is 29.2 Å². The fourth-order valence-corrected chi connectivity index (χ4v) is 2.75. The van der Waals surface area contributed by atoms with E-state index in [1.54, 1.807) is 0 Å². The van der Waals surface area contributed by atoms with Gasteiger partial charge in [-0.1, -0.05) is 13.8 Å². The van der Waals surface area contributed by atoms with E-state index in [2.05, 4.69) is 10.6 Å². The van der Waals surface area contributed by atoms with Crippen LogP contribution in [0.3, 0.4) is 0 Å². The zero-order valence-corrected chi connectivity index (χ0v) is 15.6. The van der Waals surface area contributed by atoms with Gasteiger partial charge < -0.3 is 15.7 Å². The summed E-state index contributed by atoms with van der Waals surface area (Å²) in [6.45, 7) is 3.71. The van der Waals surface area contributed by atoms with Crippen LogP contribution in [0.5, 0.6) is 0 Å². The second-order valence-corrected chi connectivity index (χ2v) is 7.35. The van der Waals surface area contributed by atoms with Crippen LogP contribution in [0.25, 0.3) is 0 Å². The number of halogens is 3. The quantitative estimate of drug-likeness (QED) is 0.533. The minimum atomic E-state index is -4.40. The van der Waals surface area contributed by atoms with Crippen LogP contribution >= 0.6 is 11.8 Å². The Morgan fingerprint density at radius 1 is 1.11 bits per heavy atom. The highest BCUT2D eigenvalue weighted by Gasteiger charge is 2.29. The normalized spacial score (nSPS) is 12.5. The first-order valence-electron chi connectivity index (χ1n) is 8.14. The van der Waals surface area contributed by atoms with Gasteiger partial charge in [-0.2, -0.15) is 13.2 Å². The summed E-state index contributed by atoms with van der Waals surface area (Å²) in [6.07, 6.45) is -0.182. The Kier molecular flexibility index (Phi) is 8.61. The molecule has 10 heteroatoms. The Balaban J connectivity index is 2.67. The SMILES string of the molecule is CC(C)C[C@H](NC(=O)Nc1ccc(SC(F)(F)F)cc1)C(=O)CCC(=O)O. The van der Waals surface area contributed by atoms with Gasteiger partial charge in [0.2, 0.25) is 0 Å². The number of aliphatic carboxylic acids is 1. The molecule has 1 rings (SSSR count). The standard InChI is InChI=1S/C17H21F3N2O4S/c1-10(2)9-13(14(23)7-8-15(24)25)22-16(26)21-11-3-5-12(6-4-11)27-17(18,19)20/h3-6,10,13H,7-9H2,1-2H3,(H,24,25)(H2,21,22,26)/t13-/m0/s1. The number of carboxylic acids is 1. The second kappa shape index (κ2) is 10.2. The zero-order chi connectivity index (χ0) is 20.6. The molecule has 0 radical (unpaired) electrons. The number of Topliss-reactive ketones (excluding diaryl/α,β-unsaturated/α-hetero) is 1. The summed E-state index contributed by atoms with van der Waals surface area (Å²) in [7, 11) is 0. The maximum absolute atomic E-state index is 12.3. The van der Waals surface area contributed by atoms with Crippen molar-refractivity contribution in [2.24, 2.45) is 5.92 Å². The van der Waals surface area contributed by atoms with Gasteiger partial charge in [-0.05, 0) is 48.4 Å². The number of thioether (sulfide) groups is 1. The van der Waals surface area contributed by atoms with Gasteiger partial charge in [0.1, 0.15) is 0 Å². The Morgan fingerprint density at radius 3 is 2.19 bits per heavy atom. The van der Waals surface area contributed by atoms with Crippen LogP contribution in [-0.2, 0) is 9.59 Å². The third-order valence-electron chi connectivity index (χ3n) is 3.33. The van der Waals surface area contributed by atoms with E-state index in [1.165, 1.54) is 24.3 Å². The molecule has 0 heterocycles. The van der Waals surface area contributed by atoms with Crippen LogP contribution in [0.1, 0.15) is 33.1 Å². The van der Waals surface area contributed by atoms with Crippen molar-refractivity contribution in [1.29, 1.82) is 0 Å². The minimum Gasteiger partial charge on any atom is -0.481 e. The molecule has 6 nitrogen and oxygen atoms in total. The Labute approximate surface area is 158 Å². The number of amides is 2. The lowest BCUT2D eigenvalue weighted by Crippen LogP contribution is -2.43. The van der Waals surface area contributed by atoms with Crippen molar-refractivity contribution in [3.05, 3.63) is 24.3 Å². The fourth-order valence-electron chi connectivity index (χ4n) is 2.21. The molecule has 1 atom stereocenters. The van der Waals surface area contributed by atoms with E-state index in [1.807, 2.05) is 13.8 Å². The van der Waals surface area contributed by atoms with Crippen molar-refractivity contribution in [3.63, 3.8) is 0 Å². The molecule has 0 saturated heterocycles. The number of alkyl halides is 3. The number of carbonyl (C=O) groups is 3. The average Bonchev–Trinajstić information content (AvgIpc) is 2.52. The molecule has 0 aromatic heterocycles. The molecular weight excluding hydrogens is 385 g/mol. The monoisotopic (exact) mass is 406 g/mol.